The second-order valence-corrected chi connectivity index (χ2v) is 6.87. The molecule has 0 saturated heterocycles. The molecule has 1 N–H and O–H groups in total. The lowest BCUT2D eigenvalue weighted by Crippen LogP contribution is -2.34. The van der Waals surface area contributed by atoms with Crippen molar-refractivity contribution in [1.82, 2.24) is 5.32 Å². The average molecular weight is 444 g/mol. The molecule has 2 nitrogen and oxygen atoms in total. The Morgan fingerprint density at radius 1 is 1.15 bits per heavy atom. The smallest absolute Gasteiger partial charge is 0.251 e. The molecule has 0 aliphatic carbocycles. The number of rotatable bonds is 4. The van der Waals surface area contributed by atoms with Gasteiger partial charge in [0.1, 0.15) is 0 Å². The third-order valence-corrected chi connectivity index (χ3v) is 4.19. The molecule has 2 aromatic rings. The Kier molecular flexibility index (Phi) is 5.60. The van der Waals surface area contributed by atoms with Crippen molar-refractivity contribution in [3.63, 3.8) is 0 Å². The first-order valence-electron chi connectivity index (χ1n) is 6.35. The minimum Gasteiger partial charge on any atom is -0.349 e. The molecular weight excluding hydrogens is 429 g/mol. The van der Waals surface area contributed by atoms with E-state index < -0.39 is 0 Å². The molecule has 1 amide bonds. The summed E-state index contributed by atoms with van der Waals surface area (Å²) < 4.78 is 2.19. The van der Waals surface area contributed by atoms with Crippen LogP contribution in [0, 0.1) is 3.57 Å². The molecule has 0 aliphatic heterocycles. The van der Waals surface area contributed by atoms with Gasteiger partial charge in [-0.1, -0.05) is 28.1 Å². The first kappa shape index (κ1) is 15.5. The van der Waals surface area contributed by atoms with Crippen LogP contribution in [0.3, 0.4) is 0 Å². The highest BCUT2D eigenvalue weighted by atomic mass is 127. The van der Waals surface area contributed by atoms with Gasteiger partial charge >= 0.3 is 0 Å². The minimum atomic E-state index is -0.0222. The maximum atomic E-state index is 12.1. The molecule has 0 aliphatic rings. The van der Waals surface area contributed by atoms with Gasteiger partial charge in [-0.05, 0) is 77.9 Å². The van der Waals surface area contributed by atoms with Crippen molar-refractivity contribution in [3.05, 3.63) is 67.7 Å². The maximum Gasteiger partial charge on any atom is 0.251 e. The summed E-state index contributed by atoms with van der Waals surface area (Å²) in [7, 11) is 0. The fourth-order valence-corrected chi connectivity index (χ4v) is 2.56. The summed E-state index contributed by atoms with van der Waals surface area (Å²) >= 11 is 5.65. The van der Waals surface area contributed by atoms with Gasteiger partial charge in [0, 0.05) is 19.6 Å². The number of carbonyl (C=O) groups excluding carboxylic acids is 1. The largest absolute Gasteiger partial charge is 0.349 e. The topological polar surface area (TPSA) is 29.1 Å². The predicted molar refractivity (Wildman–Crippen MR) is 93.9 cm³/mol. The van der Waals surface area contributed by atoms with E-state index in [0.29, 0.717) is 5.56 Å². The van der Waals surface area contributed by atoms with Gasteiger partial charge in [0.2, 0.25) is 0 Å². The third-order valence-electron chi connectivity index (χ3n) is 2.94. The molecule has 0 heterocycles. The van der Waals surface area contributed by atoms with E-state index in [2.05, 4.69) is 56.0 Å². The van der Waals surface area contributed by atoms with Gasteiger partial charge in [-0.25, -0.2) is 0 Å². The van der Waals surface area contributed by atoms with Crippen molar-refractivity contribution in [2.45, 2.75) is 19.4 Å². The quantitative estimate of drug-likeness (QED) is 0.696. The zero-order valence-corrected chi connectivity index (χ0v) is 14.8. The summed E-state index contributed by atoms with van der Waals surface area (Å²) in [5.74, 6) is -0.0222. The fourth-order valence-electron chi connectivity index (χ4n) is 1.93. The molecule has 0 radical (unpaired) electrons. The first-order chi connectivity index (χ1) is 9.54. The molecule has 4 heteroatoms. The lowest BCUT2D eigenvalue weighted by atomic mass is 10.1. The zero-order chi connectivity index (χ0) is 14.5. The third kappa shape index (κ3) is 4.59. The molecule has 0 aromatic heterocycles. The van der Waals surface area contributed by atoms with E-state index >= 15 is 0 Å². The molecule has 2 rings (SSSR count). The van der Waals surface area contributed by atoms with Gasteiger partial charge in [0.25, 0.3) is 5.91 Å². The molecule has 0 saturated carbocycles. The summed E-state index contributed by atoms with van der Waals surface area (Å²) in [6.07, 6.45) is 0.823. The molecule has 0 spiro atoms. The summed E-state index contributed by atoms with van der Waals surface area (Å²) in [6.45, 7) is 2.02. The highest BCUT2D eigenvalue weighted by Gasteiger charge is 2.10. The Morgan fingerprint density at radius 2 is 1.75 bits per heavy atom. The molecule has 1 unspecified atom stereocenters. The average Bonchev–Trinajstić information content (AvgIpc) is 2.42. The van der Waals surface area contributed by atoms with Crippen molar-refractivity contribution in [3.8, 4) is 0 Å². The Morgan fingerprint density at radius 3 is 2.35 bits per heavy atom. The van der Waals surface area contributed by atoms with Crippen molar-refractivity contribution >= 4 is 44.4 Å². The normalized spacial score (nSPS) is 11.9. The van der Waals surface area contributed by atoms with Crippen LogP contribution < -0.4 is 5.32 Å². The molecule has 2 aromatic carbocycles. The number of hydrogen-bond donors (Lipinski definition) is 1. The number of hydrogen-bond acceptors (Lipinski definition) is 1. The van der Waals surface area contributed by atoms with E-state index in [0.717, 1.165) is 14.5 Å². The summed E-state index contributed by atoms with van der Waals surface area (Å²) in [6, 6.07) is 15.8. The zero-order valence-electron chi connectivity index (χ0n) is 11.1. The molecule has 0 fully saturated rings. The highest BCUT2D eigenvalue weighted by molar-refractivity contribution is 14.1. The molecular formula is C16H15BrINO. The van der Waals surface area contributed by atoms with Crippen molar-refractivity contribution in [1.29, 1.82) is 0 Å². The van der Waals surface area contributed by atoms with Gasteiger partial charge in [-0.15, -0.1) is 0 Å². The monoisotopic (exact) mass is 443 g/mol. The Labute approximate surface area is 141 Å². The summed E-state index contributed by atoms with van der Waals surface area (Å²) in [5.41, 5.74) is 1.91. The van der Waals surface area contributed by atoms with E-state index in [1.807, 2.05) is 43.3 Å². The lowest BCUT2D eigenvalue weighted by molar-refractivity contribution is 0.0940. The summed E-state index contributed by atoms with van der Waals surface area (Å²) in [4.78, 5) is 12.1. The number of nitrogens with one attached hydrogen (secondary N) is 1. The van der Waals surface area contributed by atoms with Gasteiger partial charge in [-0.3, -0.25) is 4.79 Å². The Hall–Kier alpha value is -0.880. The maximum absolute atomic E-state index is 12.1. The van der Waals surface area contributed by atoms with E-state index in [4.69, 9.17) is 0 Å². The van der Waals surface area contributed by atoms with Crippen LogP contribution in [0.1, 0.15) is 22.8 Å². The molecule has 20 heavy (non-hydrogen) atoms. The first-order valence-corrected chi connectivity index (χ1v) is 8.22. The predicted octanol–water partition coefficient (Wildman–Crippen LogP) is 4.41. The van der Waals surface area contributed by atoms with E-state index in [9.17, 15) is 4.79 Å². The second kappa shape index (κ2) is 7.22. The molecule has 1 atom stereocenters. The van der Waals surface area contributed by atoms with E-state index in [1.54, 1.807) is 0 Å². The number of halogens is 2. The standard InChI is InChI=1S/C16H15BrINO/c1-11(10-12-2-6-14(17)7-3-12)19-16(20)13-4-8-15(18)9-5-13/h2-9,11H,10H2,1H3,(H,19,20). The number of carbonyl (C=O) groups is 1. The Balaban J connectivity index is 1.93. The van der Waals surface area contributed by atoms with Gasteiger partial charge in [0.05, 0.1) is 0 Å². The van der Waals surface area contributed by atoms with Gasteiger partial charge in [0.15, 0.2) is 0 Å². The van der Waals surface area contributed by atoms with Crippen LogP contribution in [0.25, 0.3) is 0 Å². The van der Waals surface area contributed by atoms with E-state index in [1.165, 1.54) is 5.56 Å². The van der Waals surface area contributed by atoms with Crippen LogP contribution in [-0.2, 0) is 6.42 Å². The van der Waals surface area contributed by atoms with Crippen LogP contribution in [0.2, 0.25) is 0 Å². The van der Waals surface area contributed by atoms with Gasteiger partial charge < -0.3 is 5.32 Å². The van der Waals surface area contributed by atoms with Crippen LogP contribution in [0.5, 0.6) is 0 Å². The van der Waals surface area contributed by atoms with Crippen LogP contribution >= 0.6 is 38.5 Å². The molecule has 0 bridgehead atoms. The number of benzene rings is 2. The van der Waals surface area contributed by atoms with Crippen molar-refractivity contribution in [2.75, 3.05) is 0 Å². The molecule has 104 valence electrons. The second-order valence-electron chi connectivity index (χ2n) is 4.71. The lowest BCUT2D eigenvalue weighted by Gasteiger charge is -2.14. The number of amides is 1. The van der Waals surface area contributed by atoms with Crippen LogP contribution in [0.15, 0.2) is 53.0 Å². The fraction of sp³-hybridized carbons (Fsp3) is 0.188. The van der Waals surface area contributed by atoms with E-state index in [-0.39, 0.29) is 11.9 Å². The van der Waals surface area contributed by atoms with Crippen LogP contribution in [0.4, 0.5) is 0 Å². The van der Waals surface area contributed by atoms with Crippen molar-refractivity contribution < 1.29 is 4.79 Å². The SMILES string of the molecule is CC(Cc1ccc(Br)cc1)NC(=O)c1ccc(I)cc1. The van der Waals surface area contributed by atoms with Crippen molar-refractivity contribution in [2.24, 2.45) is 0 Å². The Bertz CT molecular complexity index is 580. The summed E-state index contributed by atoms with van der Waals surface area (Å²) in [5, 5.41) is 3.03. The van der Waals surface area contributed by atoms with Gasteiger partial charge in [-0.2, -0.15) is 0 Å². The highest BCUT2D eigenvalue weighted by Crippen LogP contribution is 2.12. The minimum absolute atomic E-state index is 0.0222. The van der Waals surface area contributed by atoms with Crippen LogP contribution in [-0.4, -0.2) is 11.9 Å².